The number of nitrogens with zero attached hydrogens (tertiary/aromatic N) is 3. The number of amides is 1. The standard InChI is InChI=1S/C23H26IN3O2S.ClH/c1-16-14-20-21(15-17(16)2)30-23(25-20)27(9-5-8-26-10-12-29-13-11-26)22(28)18-6-3-4-7-19(18)24;/h3-4,6-7,14-15H,5,8-13H2,1-2H3;1H. The van der Waals surface area contributed by atoms with Crippen LogP contribution in [0.5, 0.6) is 0 Å². The summed E-state index contributed by atoms with van der Waals surface area (Å²) >= 11 is 3.84. The number of halogens is 2. The van der Waals surface area contributed by atoms with Gasteiger partial charge in [0, 0.05) is 29.7 Å². The van der Waals surface area contributed by atoms with E-state index in [1.165, 1.54) is 11.1 Å². The van der Waals surface area contributed by atoms with Crippen molar-refractivity contribution < 1.29 is 9.53 Å². The molecule has 3 aromatic rings. The number of benzene rings is 2. The number of aromatic nitrogens is 1. The van der Waals surface area contributed by atoms with Crippen molar-refractivity contribution >= 4 is 67.6 Å². The van der Waals surface area contributed by atoms with Gasteiger partial charge in [-0.3, -0.25) is 14.6 Å². The highest BCUT2D eigenvalue weighted by molar-refractivity contribution is 14.1. The van der Waals surface area contributed by atoms with Crippen molar-refractivity contribution in [2.45, 2.75) is 20.3 Å². The number of hydrogen-bond acceptors (Lipinski definition) is 5. The van der Waals surface area contributed by atoms with Crippen molar-refractivity contribution in [1.82, 2.24) is 9.88 Å². The number of carbonyl (C=O) groups is 1. The first kappa shape index (κ1) is 24.4. The van der Waals surface area contributed by atoms with E-state index in [2.05, 4.69) is 53.5 Å². The van der Waals surface area contributed by atoms with Crippen LogP contribution in [0.4, 0.5) is 5.13 Å². The summed E-state index contributed by atoms with van der Waals surface area (Å²) in [6.07, 6.45) is 0.906. The molecule has 0 N–H and O–H groups in total. The first-order valence-corrected chi connectivity index (χ1v) is 12.2. The summed E-state index contributed by atoms with van der Waals surface area (Å²) in [5.41, 5.74) is 4.17. The highest BCUT2D eigenvalue weighted by Gasteiger charge is 2.23. The van der Waals surface area contributed by atoms with Gasteiger partial charge in [-0.05, 0) is 78.3 Å². The smallest absolute Gasteiger partial charge is 0.261 e. The zero-order valence-corrected chi connectivity index (χ0v) is 21.6. The second kappa shape index (κ2) is 11.0. The summed E-state index contributed by atoms with van der Waals surface area (Å²) in [5, 5.41) is 0.779. The molecule has 166 valence electrons. The van der Waals surface area contributed by atoms with Gasteiger partial charge in [-0.1, -0.05) is 23.5 Å². The third-order valence-electron chi connectivity index (χ3n) is 5.53. The van der Waals surface area contributed by atoms with E-state index in [1.54, 1.807) is 11.3 Å². The van der Waals surface area contributed by atoms with Gasteiger partial charge in [-0.15, -0.1) is 12.4 Å². The molecule has 8 heteroatoms. The molecule has 1 fully saturated rings. The average molecular weight is 572 g/mol. The fraction of sp³-hybridized carbons (Fsp3) is 0.391. The Labute approximate surface area is 207 Å². The first-order chi connectivity index (χ1) is 14.5. The Morgan fingerprint density at radius 1 is 1.19 bits per heavy atom. The second-order valence-electron chi connectivity index (χ2n) is 7.64. The van der Waals surface area contributed by atoms with Crippen molar-refractivity contribution in [3.63, 3.8) is 0 Å². The van der Waals surface area contributed by atoms with Gasteiger partial charge < -0.3 is 4.74 Å². The minimum atomic E-state index is 0. The highest BCUT2D eigenvalue weighted by atomic mass is 127. The van der Waals surface area contributed by atoms with Gasteiger partial charge in [-0.2, -0.15) is 0 Å². The number of aryl methyl sites for hydroxylation is 2. The third-order valence-corrected chi connectivity index (χ3v) is 7.51. The molecule has 1 amide bonds. The van der Waals surface area contributed by atoms with Crippen molar-refractivity contribution in [2.75, 3.05) is 44.3 Å². The Morgan fingerprint density at radius 3 is 2.65 bits per heavy atom. The monoisotopic (exact) mass is 571 g/mol. The number of thiazole rings is 1. The molecular weight excluding hydrogens is 545 g/mol. The highest BCUT2D eigenvalue weighted by Crippen LogP contribution is 2.32. The summed E-state index contributed by atoms with van der Waals surface area (Å²) in [4.78, 5) is 22.6. The van der Waals surface area contributed by atoms with Crippen LogP contribution in [0.2, 0.25) is 0 Å². The molecule has 2 heterocycles. The van der Waals surface area contributed by atoms with Crippen LogP contribution in [0.15, 0.2) is 36.4 Å². The van der Waals surface area contributed by atoms with E-state index in [1.807, 2.05) is 29.2 Å². The van der Waals surface area contributed by atoms with Crippen LogP contribution >= 0.6 is 46.3 Å². The summed E-state index contributed by atoms with van der Waals surface area (Å²) in [7, 11) is 0. The maximum atomic E-state index is 13.5. The van der Waals surface area contributed by atoms with Crippen molar-refractivity contribution in [1.29, 1.82) is 0 Å². The normalized spacial score (nSPS) is 14.4. The number of rotatable bonds is 6. The number of carbonyl (C=O) groups excluding carboxylic acids is 1. The van der Waals surface area contributed by atoms with Crippen LogP contribution < -0.4 is 4.90 Å². The molecule has 0 unspecified atom stereocenters. The summed E-state index contributed by atoms with van der Waals surface area (Å²) < 4.78 is 7.53. The predicted molar refractivity (Wildman–Crippen MR) is 139 cm³/mol. The fourth-order valence-electron chi connectivity index (χ4n) is 3.62. The van der Waals surface area contributed by atoms with Gasteiger partial charge >= 0.3 is 0 Å². The van der Waals surface area contributed by atoms with Crippen LogP contribution in [-0.2, 0) is 4.74 Å². The molecule has 0 aliphatic carbocycles. The summed E-state index contributed by atoms with van der Waals surface area (Å²) in [6.45, 7) is 9.34. The minimum absolute atomic E-state index is 0. The van der Waals surface area contributed by atoms with Crippen molar-refractivity contribution in [3.05, 3.63) is 56.7 Å². The Kier molecular flexibility index (Phi) is 8.69. The van der Waals surface area contributed by atoms with E-state index >= 15 is 0 Å². The van der Waals surface area contributed by atoms with E-state index in [0.29, 0.717) is 6.54 Å². The molecule has 0 saturated carbocycles. The molecule has 0 atom stereocenters. The van der Waals surface area contributed by atoms with Gasteiger partial charge in [0.25, 0.3) is 5.91 Å². The molecule has 1 saturated heterocycles. The second-order valence-corrected chi connectivity index (χ2v) is 9.82. The molecule has 5 nitrogen and oxygen atoms in total. The van der Waals surface area contributed by atoms with E-state index in [0.717, 1.165) is 63.8 Å². The Morgan fingerprint density at radius 2 is 1.90 bits per heavy atom. The van der Waals surface area contributed by atoms with Gasteiger partial charge in [0.05, 0.1) is 29.0 Å². The quantitative estimate of drug-likeness (QED) is 0.376. The van der Waals surface area contributed by atoms with Crippen LogP contribution in [0.3, 0.4) is 0 Å². The first-order valence-electron chi connectivity index (χ1n) is 10.3. The number of ether oxygens (including phenoxy) is 1. The Hall–Kier alpha value is -1.26. The lowest BCUT2D eigenvalue weighted by Gasteiger charge is -2.27. The predicted octanol–water partition coefficient (Wildman–Crippen LogP) is 5.31. The average Bonchev–Trinajstić information content (AvgIpc) is 3.14. The van der Waals surface area contributed by atoms with Gasteiger partial charge in [0.15, 0.2) is 5.13 Å². The van der Waals surface area contributed by atoms with E-state index < -0.39 is 0 Å². The van der Waals surface area contributed by atoms with Crippen LogP contribution in [0.1, 0.15) is 27.9 Å². The van der Waals surface area contributed by atoms with Crippen molar-refractivity contribution in [3.8, 4) is 0 Å². The largest absolute Gasteiger partial charge is 0.379 e. The molecule has 0 bridgehead atoms. The van der Waals surface area contributed by atoms with Crippen LogP contribution in [-0.4, -0.2) is 55.2 Å². The molecule has 4 rings (SSSR count). The molecule has 31 heavy (non-hydrogen) atoms. The molecular formula is C23H27ClIN3O2S. The Balaban J connectivity index is 0.00000272. The summed E-state index contributed by atoms with van der Waals surface area (Å²) in [5.74, 6) is 0.0227. The van der Waals surface area contributed by atoms with E-state index in [-0.39, 0.29) is 18.3 Å². The Bertz CT molecular complexity index is 1010. The maximum absolute atomic E-state index is 13.5. The molecule has 0 spiro atoms. The topological polar surface area (TPSA) is 45.7 Å². The molecule has 2 aromatic carbocycles. The van der Waals surface area contributed by atoms with Crippen LogP contribution in [0.25, 0.3) is 10.2 Å². The van der Waals surface area contributed by atoms with Gasteiger partial charge in [-0.25, -0.2) is 4.98 Å². The zero-order chi connectivity index (χ0) is 21.1. The number of anilines is 1. The van der Waals surface area contributed by atoms with E-state index in [9.17, 15) is 4.79 Å². The van der Waals surface area contributed by atoms with E-state index in [4.69, 9.17) is 9.72 Å². The third kappa shape index (κ3) is 5.76. The van der Waals surface area contributed by atoms with Crippen molar-refractivity contribution in [2.24, 2.45) is 0 Å². The zero-order valence-electron chi connectivity index (χ0n) is 17.8. The molecule has 1 aliphatic rings. The van der Waals surface area contributed by atoms with Gasteiger partial charge in [0.1, 0.15) is 0 Å². The van der Waals surface area contributed by atoms with Crippen LogP contribution in [0, 0.1) is 17.4 Å². The lowest BCUT2D eigenvalue weighted by atomic mass is 10.1. The fourth-order valence-corrected chi connectivity index (χ4v) is 5.31. The lowest BCUT2D eigenvalue weighted by Crippen LogP contribution is -2.39. The lowest BCUT2D eigenvalue weighted by molar-refractivity contribution is 0.0376. The molecule has 1 aromatic heterocycles. The number of hydrogen-bond donors (Lipinski definition) is 0. The SMILES string of the molecule is Cc1cc2nc(N(CCCN3CCOCC3)C(=O)c3ccccc3I)sc2cc1C.Cl. The maximum Gasteiger partial charge on any atom is 0.261 e. The molecule has 0 radical (unpaired) electrons. The van der Waals surface area contributed by atoms with Gasteiger partial charge in [0.2, 0.25) is 0 Å². The minimum Gasteiger partial charge on any atom is -0.379 e. The number of fused-ring (bicyclic) bond motifs is 1. The molecule has 1 aliphatic heterocycles. The number of morpholine rings is 1. The summed E-state index contributed by atoms with van der Waals surface area (Å²) in [6, 6.07) is 12.1.